The summed E-state index contributed by atoms with van der Waals surface area (Å²) in [6, 6.07) is 9.67. The molecule has 0 fully saturated rings. The number of furan rings is 1. The maximum absolute atomic E-state index is 12.3. The molecule has 3 N–H and O–H groups in total. The molecule has 1 aromatic carbocycles. The maximum atomic E-state index is 12.3. The van der Waals surface area contributed by atoms with Gasteiger partial charge in [-0.15, -0.1) is 0 Å². The molecule has 0 aliphatic rings. The van der Waals surface area contributed by atoms with E-state index < -0.39 is 6.04 Å². The molecule has 0 spiro atoms. The topological polar surface area (TPSA) is 122 Å². The minimum Gasteiger partial charge on any atom is -0.459 e. The van der Waals surface area contributed by atoms with E-state index in [-0.39, 0.29) is 30.2 Å². The van der Waals surface area contributed by atoms with E-state index in [1.54, 1.807) is 37.3 Å². The van der Waals surface area contributed by atoms with E-state index in [9.17, 15) is 9.59 Å². The SMILES string of the molecule is Cc1noc(C(NC(=O)NCc2cccc(NC(=O)c3ccco3)c2)C(C)C)n1. The number of rotatable bonds is 7. The van der Waals surface area contributed by atoms with Gasteiger partial charge in [0.15, 0.2) is 11.6 Å². The number of hydrogen-bond acceptors (Lipinski definition) is 6. The van der Waals surface area contributed by atoms with Gasteiger partial charge in [0.2, 0.25) is 5.89 Å². The first kappa shape index (κ1) is 20.1. The normalized spacial score (nSPS) is 11.9. The number of aryl methyl sites for hydroxylation is 1. The minimum atomic E-state index is -0.393. The Balaban J connectivity index is 1.56. The molecule has 3 aromatic rings. The van der Waals surface area contributed by atoms with Gasteiger partial charge >= 0.3 is 6.03 Å². The van der Waals surface area contributed by atoms with Crippen molar-refractivity contribution in [2.24, 2.45) is 5.92 Å². The summed E-state index contributed by atoms with van der Waals surface area (Å²) in [6.45, 7) is 5.91. The highest BCUT2D eigenvalue weighted by molar-refractivity contribution is 6.02. The molecule has 1 unspecified atom stereocenters. The van der Waals surface area contributed by atoms with Crippen LogP contribution in [0.5, 0.6) is 0 Å². The highest BCUT2D eigenvalue weighted by Crippen LogP contribution is 2.19. The first-order chi connectivity index (χ1) is 13.9. The molecular weight excluding hydrogens is 374 g/mol. The van der Waals surface area contributed by atoms with Crippen LogP contribution >= 0.6 is 0 Å². The van der Waals surface area contributed by atoms with Crippen molar-refractivity contribution < 1.29 is 18.5 Å². The Labute approximate surface area is 167 Å². The van der Waals surface area contributed by atoms with Crippen LogP contribution in [-0.2, 0) is 6.54 Å². The molecule has 152 valence electrons. The summed E-state index contributed by atoms with van der Waals surface area (Å²) in [7, 11) is 0. The van der Waals surface area contributed by atoms with Crippen molar-refractivity contribution in [3.63, 3.8) is 0 Å². The molecule has 2 heterocycles. The van der Waals surface area contributed by atoms with Crippen molar-refractivity contribution in [1.29, 1.82) is 0 Å². The van der Waals surface area contributed by atoms with E-state index in [0.29, 0.717) is 17.4 Å². The van der Waals surface area contributed by atoms with E-state index in [4.69, 9.17) is 8.94 Å². The lowest BCUT2D eigenvalue weighted by molar-refractivity contribution is 0.0996. The van der Waals surface area contributed by atoms with Crippen molar-refractivity contribution >= 4 is 17.6 Å². The van der Waals surface area contributed by atoms with Crippen LogP contribution < -0.4 is 16.0 Å². The van der Waals surface area contributed by atoms with Crippen LogP contribution in [0, 0.1) is 12.8 Å². The number of nitrogens with zero attached hydrogens (tertiary/aromatic N) is 2. The number of carbonyl (C=O) groups excluding carboxylic acids is 2. The number of nitrogens with one attached hydrogen (secondary N) is 3. The monoisotopic (exact) mass is 397 g/mol. The number of urea groups is 1. The fourth-order valence-electron chi connectivity index (χ4n) is 2.69. The molecule has 0 aliphatic heterocycles. The summed E-state index contributed by atoms with van der Waals surface area (Å²) in [4.78, 5) is 28.6. The third-order valence-electron chi connectivity index (χ3n) is 4.15. The molecule has 0 radical (unpaired) electrons. The molecule has 0 bridgehead atoms. The van der Waals surface area contributed by atoms with Crippen molar-refractivity contribution in [2.75, 3.05) is 5.32 Å². The van der Waals surface area contributed by atoms with Gasteiger partial charge in [-0.05, 0) is 42.7 Å². The Morgan fingerprint density at radius 1 is 1.17 bits per heavy atom. The lowest BCUT2D eigenvalue weighted by Crippen LogP contribution is -2.39. The van der Waals surface area contributed by atoms with Crippen LogP contribution in [0.1, 0.15) is 47.7 Å². The number of amides is 3. The van der Waals surface area contributed by atoms with E-state index in [1.807, 2.05) is 19.9 Å². The Morgan fingerprint density at radius 2 is 2.00 bits per heavy atom. The van der Waals surface area contributed by atoms with Gasteiger partial charge in [0.05, 0.1) is 6.26 Å². The molecule has 0 saturated heterocycles. The summed E-state index contributed by atoms with van der Waals surface area (Å²) in [5, 5.41) is 12.2. The standard InChI is InChI=1S/C20H23N5O4/c1-12(2)17(19-22-13(3)25-29-19)24-20(27)21-11-14-6-4-7-15(10-14)23-18(26)16-8-5-9-28-16/h4-10,12,17H,11H2,1-3H3,(H,23,26)(H2,21,24,27). The molecule has 9 nitrogen and oxygen atoms in total. The first-order valence-corrected chi connectivity index (χ1v) is 9.20. The lowest BCUT2D eigenvalue weighted by Gasteiger charge is -2.19. The Hall–Kier alpha value is -3.62. The van der Waals surface area contributed by atoms with Crippen LogP contribution in [0.4, 0.5) is 10.5 Å². The summed E-state index contributed by atoms with van der Waals surface area (Å²) >= 11 is 0. The van der Waals surface area contributed by atoms with E-state index in [2.05, 4.69) is 26.1 Å². The molecule has 0 aliphatic carbocycles. The zero-order chi connectivity index (χ0) is 20.8. The fraction of sp³-hybridized carbons (Fsp3) is 0.300. The number of aromatic nitrogens is 2. The zero-order valence-electron chi connectivity index (χ0n) is 16.4. The van der Waals surface area contributed by atoms with E-state index in [0.717, 1.165) is 5.56 Å². The Kier molecular flexibility index (Phi) is 6.28. The van der Waals surface area contributed by atoms with E-state index >= 15 is 0 Å². The van der Waals surface area contributed by atoms with E-state index in [1.165, 1.54) is 6.26 Å². The number of carbonyl (C=O) groups is 2. The van der Waals surface area contributed by atoms with Crippen LogP contribution in [-0.4, -0.2) is 22.1 Å². The second kappa shape index (κ2) is 9.05. The fourth-order valence-corrected chi connectivity index (χ4v) is 2.69. The number of hydrogen-bond donors (Lipinski definition) is 3. The second-order valence-corrected chi connectivity index (χ2v) is 6.86. The lowest BCUT2D eigenvalue weighted by atomic mass is 10.0. The molecular formula is C20H23N5O4. The largest absolute Gasteiger partial charge is 0.459 e. The van der Waals surface area contributed by atoms with Gasteiger partial charge in [-0.1, -0.05) is 31.1 Å². The Bertz CT molecular complexity index is 965. The van der Waals surface area contributed by atoms with Crippen molar-refractivity contribution in [1.82, 2.24) is 20.8 Å². The number of benzene rings is 1. The summed E-state index contributed by atoms with van der Waals surface area (Å²) < 4.78 is 10.3. The highest BCUT2D eigenvalue weighted by Gasteiger charge is 2.23. The van der Waals surface area contributed by atoms with Gasteiger partial charge < -0.3 is 24.9 Å². The van der Waals surface area contributed by atoms with Gasteiger partial charge in [0.25, 0.3) is 5.91 Å². The van der Waals surface area contributed by atoms with Crippen LogP contribution in [0.25, 0.3) is 0 Å². The minimum absolute atomic E-state index is 0.0701. The predicted molar refractivity (Wildman–Crippen MR) is 105 cm³/mol. The van der Waals surface area contributed by atoms with Crippen molar-refractivity contribution in [3.05, 3.63) is 65.7 Å². The first-order valence-electron chi connectivity index (χ1n) is 9.20. The van der Waals surface area contributed by atoms with Gasteiger partial charge in [0.1, 0.15) is 6.04 Å². The Morgan fingerprint density at radius 3 is 2.66 bits per heavy atom. The van der Waals surface area contributed by atoms with Gasteiger partial charge in [-0.25, -0.2) is 4.79 Å². The summed E-state index contributed by atoms with van der Waals surface area (Å²) in [5.74, 6) is 0.841. The van der Waals surface area contributed by atoms with Crippen LogP contribution in [0.2, 0.25) is 0 Å². The molecule has 3 rings (SSSR count). The van der Waals surface area contributed by atoms with Crippen LogP contribution in [0.3, 0.4) is 0 Å². The average Bonchev–Trinajstić information content (AvgIpc) is 3.36. The third kappa shape index (κ3) is 5.44. The molecule has 29 heavy (non-hydrogen) atoms. The van der Waals surface area contributed by atoms with Crippen molar-refractivity contribution in [2.45, 2.75) is 33.4 Å². The van der Waals surface area contributed by atoms with Crippen molar-refractivity contribution in [3.8, 4) is 0 Å². The van der Waals surface area contributed by atoms with Crippen LogP contribution in [0.15, 0.2) is 51.6 Å². The maximum Gasteiger partial charge on any atom is 0.315 e. The smallest absolute Gasteiger partial charge is 0.315 e. The van der Waals surface area contributed by atoms with Gasteiger partial charge in [0, 0.05) is 12.2 Å². The summed E-state index contributed by atoms with van der Waals surface area (Å²) in [6.07, 6.45) is 1.44. The predicted octanol–water partition coefficient (Wildman–Crippen LogP) is 3.42. The highest BCUT2D eigenvalue weighted by atomic mass is 16.5. The molecule has 0 saturated carbocycles. The molecule has 1 atom stereocenters. The van der Waals surface area contributed by atoms with Gasteiger partial charge in [-0.2, -0.15) is 4.98 Å². The van der Waals surface area contributed by atoms with Gasteiger partial charge in [-0.3, -0.25) is 4.79 Å². The third-order valence-corrected chi connectivity index (χ3v) is 4.15. The quantitative estimate of drug-likeness (QED) is 0.561. The summed E-state index contributed by atoms with van der Waals surface area (Å²) in [5.41, 5.74) is 1.43. The zero-order valence-corrected chi connectivity index (χ0v) is 16.4. The second-order valence-electron chi connectivity index (χ2n) is 6.86. The average molecular weight is 397 g/mol. The number of anilines is 1. The molecule has 3 amide bonds. The molecule has 9 heteroatoms. The molecule has 2 aromatic heterocycles.